The van der Waals surface area contributed by atoms with Crippen molar-refractivity contribution < 1.29 is 14.3 Å². The van der Waals surface area contributed by atoms with Crippen molar-refractivity contribution in [1.29, 1.82) is 0 Å². The molecule has 2 amide bonds. The molecular formula is C19H22N4O3. The van der Waals surface area contributed by atoms with Crippen molar-refractivity contribution in [3.8, 4) is 0 Å². The van der Waals surface area contributed by atoms with Crippen LogP contribution in [0.3, 0.4) is 0 Å². The zero-order chi connectivity index (χ0) is 18.2. The lowest BCUT2D eigenvalue weighted by atomic mass is 10.2. The standard InChI is InChI=1S/C19H22N4O3/c24-18(20-9-10-23-11-13-26-14-12-23)16-7-4-8-17(22-16)19(25)21-15-5-2-1-3-6-15/h1-8H,9-14H2,(H,20,24)(H,21,25). The van der Waals surface area contributed by atoms with Crippen molar-refractivity contribution in [2.45, 2.75) is 0 Å². The maximum absolute atomic E-state index is 12.3. The van der Waals surface area contributed by atoms with Crippen LogP contribution in [0.15, 0.2) is 48.5 Å². The van der Waals surface area contributed by atoms with Gasteiger partial charge in [0.2, 0.25) is 0 Å². The number of carbonyl (C=O) groups excluding carboxylic acids is 2. The Kier molecular flexibility index (Phi) is 6.29. The highest BCUT2D eigenvalue weighted by Gasteiger charge is 2.14. The number of para-hydroxylation sites is 1. The first-order valence-electron chi connectivity index (χ1n) is 8.64. The van der Waals surface area contributed by atoms with E-state index in [4.69, 9.17) is 4.74 Å². The van der Waals surface area contributed by atoms with Gasteiger partial charge >= 0.3 is 0 Å². The minimum absolute atomic E-state index is 0.203. The highest BCUT2D eigenvalue weighted by Crippen LogP contribution is 2.08. The second-order valence-corrected chi connectivity index (χ2v) is 5.94. The summed E-state index contributed by atoms with van der Waals surface area (Å²) < 4.78 is 5.30. The molecule has 2 aromatic rings. The molecule has 1 aromatic carbocycles. The minimum atomic E-state index is -0.348. The summed E-state index contributed by atoms with van der Waals surface area (Å²) in [7, 11) is 0. The second kappa shape index (κ2) is 9.07. The molecular weight excluding hydrogens is 332 g/mol. The highest BCUT2D eigenvalue weighted by molar-refractivity contribution is 6.03. The first-order valence-corrected chi connectivity index (χ1v) is 8.64. The van der Waals surface area contributed by atoms with Crippen molar-refractivity contribution in [1.82, 2.24) is 15.2 Å². The van der Waals surface area contributed by atoms with Gasteiger partial charge in [-0.3, -0.25) is 14.5 Å². The Balaban J connectivity index is 1.54. The Morgan fingerprint density at radius 3 is 2.38 bits per heavy atom. The molecule has 26 heavy (non-hydrogen) atoms. The van der Waals surface area contributed by atoms with Crippen molar-refractivity contribution >= 4 is 17.5 Å². The van der Waals surface area contributed by atoms with Crippen LogP contribution in [0.5, 0.6) is 0 Å². The van der Waals surface area contributed by atoms with E-state index in [-0.39, 0.29) is 23.2 Å². The lowest BCUT2D eigenvalue weighted by Crippen LogP contribution is -2.41. The van der Waals surface area contributed by atoms with Gasteiger partial charge in [-0.15, -0.1) is 0 Å². The quantitative estimate of drug-likeness (QED) is 0.819. The molecule has 1 aromatic heterocycles. The lowest BCUT2D eigenvalue weighted by molar-refractivity contribution is 0.0383. The van der Waals surface area contributed by atoms with Crippen molar-refractivity contribution in [2.75, 3.05) is 44.7 Å². The number of carbonyl (C=O) groups is 2. The first kappa shape index (κ1) is 18.0. The van der Waals surface area contributed by atoms with Gasteiger partial charge in [0, 0.05) is 31.9 Å². The molecule has 1 aliphatic rings. The fourth-order valence-corrected chi connectivity index (χ4v) is 2.65. The molecule has 7 heteroatoms. The predicted octanol–water partition coefficient (Wildman–Crippen LogP) is 1.40. The molecule has 0 aliphatic carbocycles. The monoisotopic (exact) mass is 354 g/mol. The largest absolute Gasteiger partial charge is 0.379 e. The fourth-order valence-electron chi connectivity index (χ4n) is 2.65. The van der Waals surface area contributed by atoms with E-state index in [1.165, 1.54) is 0 Å². The summed E-state index contributed by atoms with van der Waals surface area (Å²) >= 11 is 0. The first-order chi connectivity index (χ1) is 12.7. The molecule has 0 spiro atoms. The third-order valence-corrected chi connectivity index (χ3v) is 4.06. The van der Waals surface area contributed by atoms with Crippen LogP contribution in [0.2, 0.25) is 0 Å². The normalized spacial score (nSPS) is 14.6. The molecule has 1 fully saturated rings. The summed E-state index contributed by atoms with van der Waals surface area (Å²) in [5.74, 6) is -0.633. The second-order valence-electron chi connectivity index (χ2n) is 5.94. The van der Waals surface area contributed by atoms with Crippen LogP contribution >= 0.6 is 0 Å². The molecule has 2 heterocycles. The Morgan fingerprint density at radius 1 is 0.962 bits per heavy atom. The predicted molar refractivity (Wildman–Crippen MR) is 98.2 cm³/mol. The number of amides is 2. The maximum Gasteiger partial charge on any atom is 0.274 e. The number of morpholine rings is 1. The van der Waals surface area contributed by atoms with Crippen LogP contribution in [0, 0.1) is 0 Å². The van der Waals surface area contributed by atoms with Crippen molar-refractivity contribution in [3.63, 3.8) is 0 Å². The van der Waals surface area contributed by atoms with Crippen LogP contribution in [-0.4, -0.2) is 61.1 Å². The number of benzene rings is 1. The third-order valence-electron chi connectivity index (χ3n) is 4.06. The van der Waals surface area contributed by atoms with Crippen molar-refractivity contribution in [2.24, 2.45) is 0 Å². The highest BCUT2D eigenvalue weighted by atomic mass is 16.5. The number of hydrogen-bond acceptors (Lipinski definition) is 5. The van der Waals surface area contributed by atoms with Gasteiger partial charge in [0.1, 0.15) is 11.4 Å². The summed E-state index contributed by atoms with van der Waals surface area (Å²) in [6.45, 7) is 4.51. The minimum Gasteiger partial charge on any atom is -0.379 e. The SMILES string of the molecule is O=C(NCCN1CCOCC1)c1cccc(C(=O)Nc2ccccc2)n1. The van der Waals surface area contributed by atoms with Crippen LogP contribution < -0.4 is 10.6 Å². The van der Waals surface area contributed by atoms with E-state index in [1.807, 2.05) is 18.2 Å². The van der Waals surface area contributed by atoms with Gasteiger partial charge in [-0.2, -0.15) is 0 Å². The molecule has 0 unspecified atom stereocenters. The Hall–Kier alpha value is -2.77. The summed E-state index contributed by atoms with van der Waals surface area (Å²) in [4.78, 5) is 31.0. The van der Waals surface area contributed by atoms with Crippen LogP contribution in [-0.2, 0) is 4.74 Å². The molecule has 0 saturated carbocycles. The van der Waals surface area contributed by atoms with Gasteiger partial charge in [0.15, 0.2) is 0 Å². The van der Waals surface area contributed by atoms with Gasteiger partial charge in [0.05, 0.1) is 13.2 Å². The number of rotatable bonds is 6. The topological polar surface area (TPSA) is 83.6 Å². The number of aromatic nitrogens is 1. The number of nitrogens with zero attached hydrogens (tertiary/aromatic N) is 2. The average Bonchev–Trinajstić information content (AvgIpc) is 2.69. The lowest BCUT2D eigenvalue weighted by Gasteiger charge is -2.26. The average molecular weight is 354 g/mol. The van der Waals surface area contributed by atoms with Crippen LogP contribution in [0.1, 0.15) is 21.0 Å². The van der Waals surface area contributed by atoms with E-state index in [2.05, 4.69) is 20.5 Å². The number of ether oxygens (including phenoxy) is 1. The van der Waals surface area contributed by atoms with Crippen LogP contribution in [0.25, 0.3) is 0 Å². The molecule has 7 nitrogen and oxygen atoms in total. The molecule has 0 bridgehead atoms. The molecule has 1 saturated heterocycles. The summed E-state index contributed by atoms with van der Waals surface area (Å²) in [6.07, 6.45) is 0. The van der Waals surface area contributed by atoms with Gasteiger partial charge in [-0.05, 0) is 24.3 Å². The smallest absolute Gasteiger partial charge is 0.274 e. The summed E-state index contributed by atoms with van der Waals surface area (Å²) in [6, 6.07) is 14.0. The molecule has 3 rings (SSSR count). The number of pyridine rings is 1. The zero-order valence-corrected chi connectivity index (χ0v) is 14.5. The zero-order valence-electron chi connectivity index (χ0n) is 14.5. The van der Waals surface area contributed by atoms with Gasteiger partial charge in [-0.1, -0.05) is 24.3 Å². The van der Waals surface area contributed by atoms with E-state index in [1.54, 1.807) is 30.3 Å². The fraction of sp³-hybridized carbons (Fsp3) is 0.316. The molecule has 2 N–H and O–H groups in total. The van der Waals surface area contributed by atoms with E-state index >= 15 is 0 Å². The van der Waals surface area contributed by atoms with E-state index in [9.17, 15) is 9.59 Å². The van der Waals surface area contributed by atoms with E-state index in [0.717, 1.165) is 32.8 Å². The summed E-state index contributed by atoms with van der Waals surface area (Å²) in [5, 5.41) is 5.61. The number of nitrogens with one attached hydrogen (secondary N) is 2. The van der Waals surface area contributed by atoms with E-state index < -0.39 is 0 Å². The van der Waals surface area contributed by atoms with Crippen LogP contribution in [0.4, 0.5) is 5.69 Å². The maximum atomic E-state index is 12.3. The Morgan fingerprint density at radius 2 is 1.65 bits per heavy atom. The molecule has 136 valence electrons. The molecule has 0 radical (unpaired) electrons. The Labute approximate surface area is 152 Å². The molecule has 1 aliphatic heterocycles. The third kappa shape index (κ3) is 5.11. The van der Waals surface area contributed by atoms with Gasteiger partial charge in [0.25, 0.3) is 11.8 Å². The number of hydrogen-bond donors (Lipinski definition) is 2. The molecule has 0 atom stereocenters. The van der Waals surface area contributed by atoms with Gasteiger partial charge in [-0.25, -0.2) is 4.98 Å². The van der Waals surface area contributed by atoms with Crippen molar-refractivity contribution in [3.05, 3.63) is 59.9 Å². The Bertz CT molecular complexity index is 745. The number of anilines is 1. The van der Waals surface area contributed by atoms with Gasteiger partial charge < -0.3 is 15.4 Å². The van der Waals surface area contributed by atoms with E-state index in [0.29, 0.717) is 12.2 Å². The summed E-state index contributed by atoms with van der Waals surface area (Å²) in [5.41, 5.74) is 1.11.